The van der Waals surface area contributed by atoms with Gasteiger partial charge in [0.15, 0.2) is 0 Å². The van der Waals surface area contributed by atoms with Crippen molar-refractivity contribution in [1.29, 1.82) is 0 Å². The average molecular weight is 332 g/mol. The summed E-state index contributed by atoms with van der Waals surface area (Å²) >= 11 is 0. The third-order valence-electron chi connectivity index (χ3n) is 4.75. The van der Waals surface area contributed by atoms with Gasteiger partial charge in [0.2, 0.25) is 11.8 Å². The molecule has 7 nitrogen and oxygen atoms in total. The van der Waals surface area contributed by atoms with Crippen molar-refractivity contribution in [2.45, 2.75) is 39.7 Å². The molecule has 7 heteroatoms. The van der Waals surface area contributed by atoms with E-state index in [4.69, 9.17) is 0 Å². The highest BCUT2D eigenvalue weighted by Gasteiger charge is 2.34. The van der Waals surface area contributed by atoms with Crippen LogP contribution in [-0.4, -0.2) is 51.2 Å². The van der Waals surface area contributed by atoms with E-state index in [9.17, 15) is 14.4 Å². The first-order valence-electron chi connectivity index (χ1n) is 8.57. The van der Waals surface area contributed by atoms with Gasteiger partial charge in [-0.3, -0.25) is 14.4 Å². The lowest BCUT2D eigenvalue weighted by Gasteiger charge is -2.36. The van der Waals surface area contributed by atoms with Gasteiger partial charge in [-0.25, -0.2) is 4.98 Å². The Morgan fingerprint density at radius 3 is 2.92 bits per heavy atom. The fourth-order valence-corrected chi connectivity index (χ4v) is 3.53. The number of fused-ring (bicyclic) bond motifs is 1. The Bertz CT molecular complexity index is 697. The minimum Gasteiger partial charge on any atom is -0.342 e. The molecule has 3 heterocycles. The molecule has 0 aliphatic carbocycles. The molecule has 0 saturated carbocycles. The quantitative estimate of drug-likeness (QED) is 0.876. The van der Waals surface area contributed by atoms with Crippen LogP contribution in [0.15, 0.2) is 11.1 Å². The molecular formula is C17H24N4O3. The monoisotopic (exact) mass is 332 g/mol. The second-order valence-electron chi connectivity index (χ2n) is 7.09. The first-order chi connectivity index (χ1) is 11.5. The molecule has 1 saturated heterocycles. The lowest BCUT2D eigenvalue weighted by atomic mass is 9.94. The summed E-state index contributed by atoms with van der Waals surface area (Å²) in [7, 11) is 0. The minimum atomic E-state index is -0.169. The van der Waals surface area contributed by atoms with Crippen LogP contribution in [0.1, 0.15) is 37.9 Å². The van der Waals surface area contributed by atoms with Crippen molar-refractivity contribution in [1.82, 2.24) is 19.8 Å². The fourth-order valence-electron chi connectivity index (χ4n) is 3.53. The first-order valence-corrected chi connectivity index (χ1v) is 8.57. The fraction of sp³-hybridized carbons (Fsp3) is 0.647. The summed E-state index contributed by atoms with van der Waals surface area (Å²) in [5, 5.41) is 0. The van der Waals surface area contributed by atoms with Gasteiger partial charge in [-0.15, -0.1) is 0 Å². The van der Waals surface area contributed by atoms with E-state index in [2.05, 4.69) is 23.8 Å². The van der Waals surface area contributed by atoms with E-state index in [1.165, 1.54) is 6.33 Å². The largest absolute Gasteiger partial charge is 0.342 e. The van der Waals surface area contributed by atoms with Gasteiger partial charge in [0.1, 0.15) is 0 Å². The predicted molar refractivity (Wildman–Crippen MR) is 88.1 cm³/mol. The summed E-state index contributed by atoms with van der Waals surface area (Å²) in [5.41, 5.74) is 1.20. The number of nitrogens with zero attached hydrogens (tertiary/aromatic N) is 3. The maximum Gasteiger partial charge on any atom is 0.255 e. The molecular weight excluding hydrogens is 308 g/mol. The zero-order valence-corrected chi connectivity index (χ0v) is 14.2. The summed E-state index contributed by atoms with van der Waals surface area (Å²) in [6.07, 6.45) is 3.04. The number of H-pyrrole nitrogens is 1. The van der Waals surface area contributed by atoms with Crippen molar-refractivity contribution in [2.75, 3.05) is 19.6 Å². The Kier molecular flexibility index (Phi) is 4.69. The molecule has 2 aliphatic rings. The normalized spacial score (nSPS) is 21.1. The van der Waals surface area contributed by atoms with Crippen LogP contribution in [-0.2, 0) is 22.6 Å². The van der Waals surface area contributed by atoms with Crippen molar-refractivity contribution in [3.8, 4) is 0 Å². The van der Waals surface area contributed by atoms with Crippen molar-refractivity contribution in [3.63, 3.8) is 0 Å². The van der Waals surface area contributed by atoms with Gasteiger partial charge in [0.05, 0.1) is 30.0 Å². The van der Waals surface area contributed by atoms with E-state index in [0.717, 1.165) is 5.69 Å². The van der Waals surface area contributed by atoms with Crippen LogP contribution in [0.2, 0.25) is 0 Å². The number of carbonyl (C=O) groups is 2. The van der Waals surface area contributed by atoms with Crippen molar-refractivity contribution >= 4 is 11.8 Å². The number of hydrogen-bond acceptors (Lipinski definition) is 4. The maximum atomic E-state index is 12.9. The molecule has 0 radical (unpaired) electrons. The molecule has 1 N–H and O–H groups in total. The second-order valence-corrected chi connectivity index (χ2v) is 7.09. The molecule has 130 valence electrons. The van der Waals surface area contributed by atoms with Crippen molar-refractivity contribution in [2.24, 2.45) is 11.8 Å². The molecule has 2 amide bonds. The van der Waals surface area contributed by atoms with Gasteiger partial charge >= 0.3 is 0 Å². The zero-order valence-electron chi connectivity index (χ0n) is 14.2. The Balaban J connectivity index is 1.70. The molecule has 24 heavy (non-hydrogen) atoms. The lowest BCUT2D eigenvalue weighted by Crippen LogP contribution is -2.49. The number of aromatic nitrogens is 2. The van der Waals surface area contributed by atoms with Gasteiger partial charge in [-0.1, -0.05) is 13.8 Å². The molecule has 1 fully saturated rings. The van der Waals surface area contributed by atoms with Crippen LogP contribution in [0, 0.1) is 11.8 Å². The number of piperidine rings is 1. The Morgan fingerprint density at radius 2 is 2.17 bits per heavy atom. The van der Waals surface area contributed by atoms with E-state index in [1.807, 2.05) is 4.90 Å². The smallest absolute Gasteiger partial charge is 0.255 e. The number of hydrogen-bond donors (Lipinski definition) is 1. The molecule has 1 unspecified atom stereocenters. The topological polar surface area (TPSA) is 86.4 Å². The third-order valence-corrected chi connectivity index (χ3v) is 4.75. The molecule has 1 aromatic rings. The molecule has 0 spiro atoms. The molecule has 1 atom stereocenters. The summed E-state index contributed by atoms with van der Waals surface area (Å²) in [5.74, 6) is 0.399. The average Bonchev–Trinajstić information content (AvgIpc) is 2.56. The first kappa shape index (κ1) is 16.7. The van der Waals surface area contributed by atoms with E-state index in [-0.39, 0.29) is 23.3 Å². The van der Waals surface area contributed by atoms with Crippen LogP contribution in [0.4, 0.5) is 0 Å². The van der Waals surface area contributed by atoms with Gasteiger partial charge < -0.3 is 14.8 Å². The molecule has 3 rings (SSSR count). The van der Waals surface area contributed by atoms with Gasteiger partial charge in [-0.2, -0.15) is 0 Å². The second kappa shape index (κ2) is 6.75. The van der Waals surface area contributed by atoms with E-state index in [0.29, 0.717) is 56.9 Å². The number of nitrogens with one attached hydrogen (secondary N) is 1. The highest BCUT2D eigenvalue weighted by molar-refractivity contribution is 5.84. The SMILES string of the molecule is CC(C)CN1CC(C(=O)N2CCc3nc[nH]c(=O)c3C2)CCC1=O. The molecule has 0 bridgehead atoms. The Labute approximate surface area is 141 Å². The standard InChI is InChI=1S/C17H24N4O3/c1-11(2)7-21-8-12(3-4-15(21)22)17(24)20-6-5-14-13(9-20)16(23)19-10-18-14/h10-12H,3-9H2,1-2H3,(H,18,19,23). The summed E-state index contributed by atoms with van der Waals surface area (Å²) < 4.78 is 0. The van der Waals surface area contributed by atoms with E-state index >= 15 is 0 Å². The van der Waals surface area contributed by atoms with Crippen LogP contribution in [0.5, 0.6) is 0 Å². The number of rotatable bonds is 3. The maximum absolute atomic E-state index is 12.9. The van der Waals surface area contributed by atoms with E-state index in [1.54, 1.807) is 4.90 Å². The van der Waals surface area contributed by atoms with Gasteiger partial charge in [0, 0.05) is 32.5 Å². The lowest BCUT2D eigenvalue weighted by molar-refractivity contribution is -0.144. The van der Waals surface area contributed by atoms with Crippen LogP contribution in [0.25, 0.3) is 0 Å². The molecule has 2 aliphatic heterocycles. The Hall–Kier alpha value is -2.18. The zero-order chi connectivity index (χ0) is 17.3. The van der Waals surface area contributed by atoms with Gasteiger partial charge in [-0.05, 0) is 12.3 Å². The Morgan fingerprint density at radius 1 is 1.38 bits per heavy atom. The third kappa shape index (κ3) is 3.34. The summed E-state index contributed by atoms with van der Waals surface area (Å²) in [4.78, 5) is 47.2. The van der Waals surface area contributed by atoms with Crippen LogP contribution < -0.4 is 5.56 Å². The van der Waals surface area contributed by atoms with Crippen LogP contribution in [0.3, 0.4) is 0 Å². The molecule has 1 aromatic heterocycles. The van der Waals surface area contributed by atoms with Crippen molar-refractivity contribution < 1.29 is 9.59 Å². The highest BCUT2D eigenvalue weighted by Crippen LogP contribution is 2.23. The number of carbonyl (C=O) groups excluding carboxylic acids is 2. The summed E-state index contributed by atoms with van der Waals surface area (Å²) in [6, 6.07) is 0. The summed E-state index contributed by atoms with van der Waals surface area (Å²) in [6.45, 7) is 6.21. The predicted octanol–water partition coefficient (Wildman–Crippen LogP) is 0.549. The minimum absolute atomic E-state index is 0.0464. The number of likely N-dealkylation sites (tertiary alicyclic amines) is 1. The van der Waals surface area contributed by atoms with E-state index < -0.39 is 0 Å². The number of aromatic amines is 1. The highest BCUT2D eigenvalue weighted by atomic mass is 16.2. The molecule has 0 aromatic carbocycles. The number of amides is 2. The van der Waals surface area contributed by atoms with Crippen LogP contribution >= 0.6 is 0 Å². The van der Waals surface area contributed by atoms with Crippen molar-refractivity contribution in [3.05, 3.63) is 27.9 Å². The van der Waals surface area contributed by atoms with Gasteiger partial charge in [0.25, 0.3) is 5.56 Å².